The summed E-state index contributed by atoms with van der Waals surface area (Å²) in [5.74, 6) is -1.65. The van der Waals surface area contributed by atoms with Gasteiger partial charge < -0.3 is 15.2 Å². The summed E-state index contributed by atoms with van der Waals surface area (Å²) in [6.07, 6.45) is 1.21. The summed E-state index contributed by atoms with van der Waals surface area (Å²) in [6, 6.07) is 11.7. The number of nitrogens with zero attached hydrogens (tertiary/aromatic N) is 1. The number of aromatic hydroxyl groups is 1. The number of phenolic OH excluding ortho intramolecular Hbond substituents is 1. The highest BCUT2D eigenvalue weighted by Gasteiger charge is 2.14. The zero-order valence-electron chi connectivity index (χ0n) is 12.6. The van der Waals surface area contributed by atoms with E-state index in [4.69, 9.17) is 4.74 Å². The van der Waals surface area contributed by atoms with Gasteiger partial charge in [-0.2, -0.15) is 5.10 Å². The summed E-state index contributed by atoms with van der Waals surface area (Å²) in [4.78, 5) is 23.5. The van der Waals surface area contributed by atoms with E-state index in [1.165, 1.54) is 13.3 Å². The highest BCUT2D eigenvalue weighted by Crippen LogP contribution is 2.27. The van der Waals surface area contributed by atoms with Crippen LogP contribution in [-0.2, 0) is 9.59 Å². The number of para-hydroxylation sites is 2. The molecule has 8 heteroatoms. The lowest BCUT2D eigenvalue weighted by molar-refractivity contribution is -0.136. The molecular formula is C16H14BrN3O4. The number of halogens is 1. The van der Waals surface area contributed by atoms with Crippen LogP contribution >= 0.6 is 15.9 Å². The minimum atomic E-state index is -0.940. The fourth-order valence-corrected chi connectivity index (χ4v) is 2.14. The zero-order valence-corrected chi connectivity index (χ0v) is 14.2. The van der Waals surface area contributed by atoms with E-state index in [1.54, 1.807) is 42.5 Å². The van der Waals surface area contributed by atoms with Crippen LogP contribution in [0.5, 0.6) is 11.5 Å². The van der Waals surface area contributed by atoms with Gasteiger partial charge in [0.1, 0.15) is 0 Å². The Kier molecular flexibility index (Phi) is 5.91. The number of methoxy groups -OCH3 is 1. The maximum atomic E-state index is 11.8. The van der Waals surface area contributed by atoms with Crippen LogP contribution in [0.1, 0.15) is 5.56 Å². The summed E-state index contributed by atoms with van der Waals surface area (Å²) in [6.45, 7) is 0. The van der Waals surface area contributed by atoms with Crippen molar-refractivity contribution < 1.29 is 19.4 Å². The van der Waals surface area contributed by atoms with Crippen molar-refractivity contribution in [3.8, 4) is 11.5 Å². The quantitative estimate of drug-likeness (QED) is 0.422. The molecule has 0 saturated carbocycles. The molecule has 0 bridgehead atoms. The lowest BCUT2D eigenvalue weighted by atomic mass is 10.2. The molecule has 2 amide bonds. The molecule has 2 rings (SSSR count). The molecule has 0 unspecified atom stereocenters. The molecule has 0 aliphatic carbocycles. The topological polar surface area (TPSA) is 100 Å². The first-order valence-electron chi connectivity index (χ1n) is 6.78. The van der Waals surface area contributed by atoms with Crippen molar-refractivity contribution in [3.05, 3.63) is 52.5 Å². The number of nitrogens with one attached hydrogen (secondary N) is 2. The predicted molar refractivity (Wildman–Crippen MR) is 93.2 cm³/mol. The zero-order chi connectivity index (χ0) is 17.5. The van der Waals surface area contributed by atoms with Crippen molar-refractivity contribution in [2.45, 2.75) is 0 Å². The number of hydrazone groups is 1. The number of hydrogen-bond donors (Lipinski definition) is 3. The molecule has 24 heavy (non-hydrogen) atoms. The van der Waals surface area contributed by atoms with Crippen LogP contribution in [0.25, 0.3) is 0 Å². The van der Waals surface area contributed by atoms with Crippen molar-refractivity contribution in [2.75, 3.05) is 12.4 Å². The van der Waals surface area contributed by atoms with E-state index in [1.807, 2.05) is 0 Å². The van der Waals surface area contributed by atoms with Crippen LogP contribution in [0.4, 0.5) is 5.69 Å². The van der Waals surface area contributed by atoms with Gasteiger partial charge in [-0.1, -0.05) is 18.2 Å². The number of carbonyl (C=O) groups is 2. The highest BCUT2D eigenvalue weighted by atomic mass is 79.9. The van der Waals surface area contributed by atoms with Gasteiger partial charge in [0, 0.05) is 10.0 Å². The minimum absolute atomic E-state index is 0.115. The normalized spacial score (nSPS) is 10.4. The van der Waals surface area contributed by atoms with Gasteiger partial charge in [-0.15, -0.1) is 0 Å². The average molecular weight is 392 g/mol. The Labute approximate surface area is 146 Å². The van der Waals surface area contributed by atoms with Crippen molar-refractivity contribution in [3.63, 3.8) is 0 Å². The van der Waals surface area contributed by atoms with Gasteiger partial charge >= 0.3 is 11.8 Å². The number of ether oxygens (including phenoxy) is 1. The molecule has 2 aromatic rings. The Balaban J connectivity index is 1.98. The van der Waals surface area contributed by atoms with Gasteiger partial charge in [-0.05, 0) is 40.2 Å². The number of rotatable bonds is 4. The number of anilines is 1. The van der Waals surface area contributed by atoms with Crippen LogP contribution in [0.3, 0.4) is 0 Å². The molecule has 0 fully saturated rings. The summed E-state index contributed by atoms with van der Waals surface area (Å²) in [5.41, 5.74) is 2.89. The number of hydrogen-bond acceptors (Lipinski definition) is 5. The van der Waals surface area contributed by atoms with E-state index in [-0.39, 0.29) is 11.5 Å². The maximum Gasteiger partial charge on any atom is 0.329 e. The van der Waals surface area contributed by atoms with E-state index in [0.717, 1.165) is 0 Å². The number of carbonyl (C=O) groups excluding carboxylic acids is 2. The molecule has 0 spiro atoms. The van der Waals surface area contributed by atoms with Crippen LogP contribution in [0.15, 0.2) is 52.0 Å². The minimum Gasteiger partial charge on any atom is -0.504 e. The third-order valence-corrected chi connectivity index (χ3v) is 3.64. The third kappa shape index (κ3) is 4.32. The molecule has 3 N–H and O–H groups in total. The van der Waals surface area contributed by atoms with E-state index < -0.39 is 11.8 Å². The van der Waals surface area contributed by atoms with Crippen LogP contribution in [0.2, 0.25) is 0 Å². The Morgan fingerprint density at radius 1 is 1.17 bits per heavy atom. The van der Waals surface area contributed by atoms with Crippen molar-refractivity contribution in [2.24, 2.45) is 5.10 Å². The average Bonchev–Trinajstić information content (AvgIpc) is 2.58. The maximum absolute atomic E-state index is 11.8. The predicted octanol–water partition coefficient (Wildman–Crippen LogP) is 2.25. The molecule has 0 atom stereocenters. The van der Waals surface area contributed by atoms with E-state index >= 15 is 0 Å². The van der Waals surface area contributed by atoms with Gasteiger partial charge in [-0.3, -0.25) is 9.59 Å². The third-order valence-electron chi connectivity index (χ3n) is 2.95. The molecule has 0 radical (unpaired) electrons. The SMILES string of the molecule is COc1cccc(C=NNC(=O)C(=O)Nc2ccccc2Br)c1O. The largest absolute Gasteiger partial charge is 0.504 e. The molecule has 0 heterocycles. The van der Waals surface area contributed by atoms with Crippen LogP contribution in [0, 0.1) is 0 Å². The van der Waals surface area contributed by atoms with Gasteiger partial charge in [0.15, 0.2) is 11.5 Å². The fraction of sp³-hybridized carbons (Fsp3) is 0.0625. The Morgan fingerprint density at radius 3 is 2.62 bits per heavy atom. The lowest BCUT2D eigenvalue weighted by Crippen LogP contribution is -2.32. The van der Waals surface area contributed by atoms with E-state index in [0.29, 0.717) is 15.7 Å². The monoisotopic (exact) mass is 391 g/mol. The van der Waals surface area contributed by atoms with Crippen molar-refractivity contribution in [1.29, 1.82) is 0 Å². The Morgan fingerprint density at radius 2 is 1.92 bits per heavy atom. The molecule has 0 aliphatic rings. The summed E-state index contributed by atoms with van der Waals surface area (Å²) in [5, 5.41) is 16.0. The first kappa shape index (κ1) is 17.5. The van der Waals surface area contributed by atoms with Gasteiger partial charge in [-0.25, -0.2) is 5.43 Å². The summed E-state index contributed by atoms with van der Waals surface area (Å²) in [7, 11) is 1.42. The Hall–Kier alpha value is -2.87. The molecule has 0 saturated heterocycles. The van der Waals surface area contributed by atoms with E-state index in [2.05, 4.69) is 31.8 Å². The van der Waals surface area contributed by atoms with Crippen LogP contribution in [-0.4, -0.2) is 30.2 Å². The molecule has 0 aliphatic heterocycles. The molecule has 2 aromatic carbocycles. The molecule has 124 valence electrons. The smallest absolute Gasteiger partial charge is 0.329 e. The van der Waals surface area contributed by atoms with Crippen LogP contribution < -0.4 is 15.5 Å². The molecular weight excluding hydrogens is 378 g/mol. The van der Waals surface area contributed by atoms with Crippen molar-refractivity contribution in [1.82, 2.24) is 5.43 Å². The Bertz CT molecular complexity index is 793. The summed E-state index contributed by atoms with van der Waals surface area (Å²) < 4.78 is 5.61. The molecule has 0 aromatic heterocycles. The van der Waals surface area contributed by atoms with Gasteiger partial charge in [0.2, 0.25) is 0 Å². The second-order valence-electron chi connectivity index (χ2n) is 4.53. The number of amides is 2. The lowest BCUT2D eigenvalue weighted by Gasteiger charge is -2.06. The van der Waals surface area contributed by atoms with Crippen molar-refractivity contribution >= 4 is 39.6 Å². The first-order chi connectivity index (χ1) is 11.5. The highest BCUT2D eigenvalue weighted by molar-refractivity contribution is 9.10. The summed E-state index contributed by atoms with van der Waals surface area (Å²) >= 11 is 3.26. The standard InChI is InChI=1S/C16H14BrN3O4/c1-24-13-8-4-5-10(14(13)21)9-18-20-16(23)15(22)19-12-7-3-2-6-11(12)17/h2-9,21H,1H3,(H,19,22)(H,20,23). The van der Waals surface area contributed by atoms with Gasteiger partial charge in [0.25, 0.3) is 0 Å². The van der Waals surface area contributed by atoms with Gasteiger partial charge in [0.05, 0.1) is 19.0 Å². The second kappa shape index (κ2) is 8.11. The first-order valence-corrected chi connectivity index (χ1v) is 7.57. The van der Waals surface area contributed by atoms with E-state index in [9.17, 15) is 14.7 Å². The fourth-order valence-electron chi connectivity index (χ4n) is 1.76. The number of phenols is 1. The second-order valence-corrected chi connectivity index (χ2v) is 5.39. The number of benzene rings is 2. The molecule has 7 nitrogen and oxygen atoms in total.